The molecule has 0 unspecified atom stereocenters. The van der Waals surface area contributed by atoms with Gasteiger partial charge in [-0.1, -0.05) is 23.7 Å². The molecule has 0 saturated carbocycles. The van der Waals surface area contributed by atoms with Gasteiger partial charge < -0.3 is 9.47 Å². The van der Waals surface area contributed by atoms with Gasteiger partial charge in [-0.25, -0.2) is 4.98 Å². The van der Waals surface area contributed by atoms with Crippen molar-refractivity contribution < 1.29 is 9.47 Å². The van der Waals surface area contributed by atoms with Crippen LogP contribution in [0.15, 0.2) is 30.3 Å². The van der Waals surface area contributed by atoms with E-state index in [2.05, 4.69) is 9.97 Å². The lowest BCUT2D eigenvalue weighted by atomic mass is 10.2. The predicted molar refractivity (Wildman–Crippen MR) is 70.2 cm³/mol. The molecule has 1 heterocycles. The number of ether oxygens (including phenoxy) is 2. The number of benzene rings is 1. The first-order valence-electron chi connectivity index (χ1n) is 5.55. The minimum Gasteiger partial charge on any atom is -0.493 e. The third-order valence-electron chi connectivity index (χ3n) is 2.31. The minimum atomic E-state index is 0.336. The van der Waals surface area contributed by atoms with Gasteiger partial charge in [0.05, 0.1) is 19.3 Å². The van der Waals surface area contributed by atoms with Gasteiger partial charge in [0.2, 0.25) is 5.88 Å². The van der Waals surface area contributed by atoms with Crippen molar-refractivity contribution in [3.63, 3.8) is 0 Å². The van der Waals surface area contributed by atoms with E-state index in [9.17, 15) is 0 Å². The fourth-order valence-corrected chi connectivity index (χ4v) is 1.73. The number of aromatic nitrogens is 2. The van der Waals surface area contributed by atoms with Gasteiger partial charge in [-0.05, 0) is 19.1 Å². The van der Waals surface area contributed by atoms with E-state index in [-0.39, 0.29) is 0 Å². The van der Waals surface area contributed by atoms with Crippen LogP contribution in [0.25, 0.3) is 11.4 Å². The molecule has 0 spiro atoms. The number of hydrogen-bond donors (Lipinski definition) is 0. The molecule has 4 nitrogen and oxygen atoms in total. The normalized spacial score (nSPS) is 10.2. The molecule has 0 saturated heterocycles. The van der Waals surface area contributed by atoms with Crippen LogP contribution in [0.3, 0.4) is 0 Å². The Morgan fingerprint density at radius 3 is 2.72 bits per heavy atom. The van der Waals surface area contributed by atoms with E-state index < -0.39 is 0 Å². The molecule has 2 rings (SSSR count). The highest BCUT2D eigenvalue weighted by Crippen LogP contribution is 2.29. The standard InChI is InChI=1S/C13H13ClN2O2/c1-3-18-10-7-5-4-6-9(10)13-15-11(14)8-12(16-13)17-2/h4-8H,3H2,1-2H3. The fraction of sp³-hybridized carbons (Fsp3) is 0.231. The Morgan fingerprint density at radius 2 is 2.00 bits per heavy atom. The Balaban J connectivity index is 2.50. The fourth-order valence-electron chi connectivity index (χ4n) is 1.55. The number of nitrogens with zero attached hydrogens (tertiary/aromatic N) is 2. The second-order valence-electron chi connectivity index (χ2n) is 3.49. The van der Waals surface area contributed by atoms with Gasteiger partial charge in [0, 0.05) is 6.07 Å². The zero-order valence-electron chi connectivity index (χ0n) is 10.2. The van der Waals surface area contributed by atoms with E-state index in [1.165, 1.54) is 7.11 Å². The molecule has 0 amide bonds. The largest absolute Gasteiger partial charge is 0.493 e. The van der Waals surface area contributed by atoms with Crippen molar-refractivity contribution in [2.24, 2.45) is 0 Å². The van der Waals surface area contributed by atoms with Gasteiger partial charge in [-0.3, -0.25) is 0 Å². The van der Waals surface area contributed by atoms with Crippen LogP contribution in [-0.4, -0.2) is 23.7 Å². The molecule has 1 aromatic carbocycles. The molecular weight excluding hydrogens is 252 g/mol. The van der Waals surface area contributed by atoms with Gasteiger partial charge in [-0.15, -0.1) is 0 Å². The summed E-state index contributed by atoms with van der Waals surface area (Å²) in [5.74, 6) is 1.64. The Kier molecular flexibility index (Phi) is 3.99. The molecular formula is C13H13ClN2O2. The maximum Gasteiger partial charge on any atom is 0.218 e. The monoisotopic (exact) mass is 264 g/mol. The Labute approximate surface area is 111 Å². The second kappa shape index (κ2) is 5.69. The molecule has 5 heteroatoms. The van der Waals surface area contributed by atoms with Gasteiger partial charge >= 0.3 is 0 Å². The van der Waals surface area contributed by atoms with Crippen molar-refractivity contribution in [1.82, 2.24) is 9.97 Å². The first-order chi connectivity index (χ1) is 8.74. The van der Waals surface area contributed by atoms with Crippen LogP contribution in [-0.2, 0) is 0 Å². The lowest BCUT2D eigenvalue weighted by Gasteiger charge is -2.09. The van der Waals surface area contributed by atoms with Crippen molar-refractivity contribution in [2.45, 2.75) is 6.92 Å². The average Bonchev–Trinajstić information content (AvgIpc) is 2.39. The summed E-state index contributed by atoms with van der Waals surface area (Å²) >= 11 is 5.94. The molecule has 0 bridgehead atoms. The number of para-hydroxylation sites is 1. The molecule has 1 aromatic heterocycles. The molecule has 94 valence electrons. The van der Waals surface area contributed by atoms with Crippen molar-refractivity contribution in [1.29, 1.82) is 0 Å². The molecule has 0 atom stereocenters. The lowest BCUT2D eigenvalue weighted by Crippen LogP contribution is -1.98. The first-order valence-corrected chi connectivity index (χ1v) is 5.93. The highest BCUT2D eigenvalue weighted by molar-refractivity contribution is 6.29. The Hall–Kier alpha value is -1.81. The van der Waals surface area contributed by atoms with Gasteiger partial charge in [-0.2, -0.15) is 4.98 Å². The van der Waals surface area contributed by atoms with Crippen LogP contribution in [0.1, 0.15) is 6.92 Å². The number of methoxy groups -OCH3 is 1. The maximum absolute atomic E-state index is 5.94. The molecule has 0 N–H and O–H groups in total. The number of halogens is 1. The van der Waals surface area contributed by atoms with Crippen LogP contribution in [0, 0.1) is 0 Å². The van der Waals surface area contributed by atoms with Crippen molar-refractivity contribution in [3.05, 3.63) is 35.5 Å². The summed E-state index contributed by atoms with van der Waals surface area (Å²) in [5, 5.41) is 0.336. The number of hydrogen-bond acceptors (Lipinski definition) is 4. The molecule has 0 aliphatic carbocycles. The summed E-state index contributed by atoms with van der Waals surface area (Å²) in [5.41, 5.74) is 0.792. The Bertz CT molecular complexity index is 546. The molecule has 0 radical (unpaired) electrons. The third-order valence-corrected chi connectivity index (χ3v) is 2.50. The van der Waals surface area contributed by atoms with Crippen LogP contribution in [0.5, 0.6) is 11.6 Å². The lowest BCUT2D eigenvalue weighted by molar-refractivity contribution is 0.341. The van der Waals surface area contributed by atoms with E-state index in [1.807, 2.05) is 31.2 Å². The summed E-state index contributed by atoms with van der Waals surface area (Å²) in [7, 11) is 1.54. The molecule has 0 fully saturated rings. The topological polar surface area (TPSA) is 44.2 Å². The average molecular weight is 265 g/mol. The van der Waals surface area contributed by atoms with Crippen molar-refractivity contribution >= 4 is 11.6 Å². The molecule has 0 aliphatic heterocycles. The summed E-state index contributed by atoms with van der Waals surface area (Å²) < 4.78 is 10.6. The molecule has 0 aliphatic rings. The SMILES string of the molecule is CCOc1ccccc1-c1nc(Cl)cc(OC)n1. The predicted octanol–water partition coefficient (Wildman–Crippen LogP) is 3.20. The van der Waals surface area contributed by atoms with E-state index in [4.69, 9.17) is 21.1 Å². The highest BCUT2D eigenvalue weighted by Gasteiger charge is 2.11. The summed E-state index contributed by atoms with van der Waals surface area (Å²) in [6.07, 6.45) is 0. The van der Waals surface area contributed by atoms with Gasteiger partial charge in [0.1, 0.15) is 10.9 Å². The highest BCUT2D eigenvalue weighted by atomic mass is 35.5. The Morgan fingerprint density at radius 1 is 1.22 bits per heavy atom. The van der Waals surface area contributed by atoms with Crippen LogP contribution in [0.4, 0.5) is 0 Å². The van der Waals surface area contributed by atoms with E-state index in [0.717, 1.165) is 11.3 Å². The van der Waals surface area contributed by atoms with E-state index in [1.54, 1.807) is 6.07 Å². The quantitative estimate of drug-likeness (QED) is 0.796. The van der Waals surface area contributed by atoms with Crippen LogP contribution < -0.4 is 9.47 Å². The summed E-state index contributed by atoms with van der Waals surface area (Å²) in [6, 6.07) is 9.12. The smallest absolute Gasteiger partial charge is 0.218 e. The molecule has 2 aromatic rings. The van der Waals surface area contributed by atoms with E-state index >= 15 is 0 Å². The molecule has 18 heavy (non-hydrogen) atoms. The maximum atomic E-state index is 5.94. The van der Waals surface area contributed by atoms with Gasteiger partial charge in [0.25, 0.3) is 0 Å². The minimum absolute atomic E-state index is 0.336. The summed E-state index contributed by atoms with van der Waals surface area (Å²) in [4.78, 5) is 8.46. The summed E-state index contributed by atoms with van der Waals surface area (Å²) in [6.45, 7) is 2.50. The zero-order valence-corrected chi connectivity index (χ0v) is 10.9. The second-order valence-corrected chi connectivity index (χ2v) is 3.87. The van der Waals surface area contributed by atoms with E-state index in [0.29, 0.717) is 23.5 Å². The van der Waals surface area contributed by atoms with Crippen LogP contribution >= 0.6 is 11.6 Å². The number of rotatable bonds is 4. The van der Waals surface area contributed by atoms with Crippen LogP contribution in [0.2, 0.25) is 5.15 Å². The third kappa shape index (κ3) is 2.71. The van der Waals surface area contributed by atoms with Gasteiger partial charge in [0.15, 0.2) is 5.82 Å². The first kappa shape index (κ1) is 12.6. The van der Waals surface area contributed by atoms with Crippen molar-refractivity contribution in [3.8, 4) is 23.0 Å². The van der Waals surface area contributed by atoms with Crippen molar-refractivity contribution in [2.75, 3.05) is 13.7 Å². The zero-order chi connectivity index (χ0) is 13.0.